The van der Waals surface area contributed by atoms with Crippen LogP contribution < -0.4 is 10.6 Å². The molecule has 0 saturated carbocycles. The molecule has 17 heavy (non-hydrogen) atoms. The van der Waals surface area contributed by atoms with Gasteiger partial charge in [-0.2, -0.15) is 13.2 Å². The first-order chi connectivity index (χ1) is 7.88. The van der Waals surface area contributed by atoms with Gasteiger partial charge >= 0.3 is 6.18 Å². The molecule has 0 aliphatic carbocycles. The number of nitrogens with two attached hydrogens (primary N) is 1. The van der Waals surface area contributed by atoms with Gasteiger partial charge in [0, 0.05) is 19.3 Å². The van der Waals surface area contributed by atoms with E-state index in [0.29, 0.717) is 13.0 Å². The number of hydrogen-bond acceptors (Lipinski definition) is 3. The molecule has 0 bridgehead atoms. The Morgan fingerprint density at radius 1 is 1.47 bits per heavy atom. The minimum Gasteiger partial charge on any atom is -0.356 e. The Labute approximate surface area is 98.4 Å². The Hall–Kier alpha value is -1.30. The number of halogens is 3. The van der Waals surface area contributed by atoms with Gasteiger partial charge in [-0.05, 0) is 32.0 Å². The molecule has 0 spiro atoms. The Kier molecular flexibility index (Phi) is 4.34. The first kappa shape index (κ1) is 13.8. The van der Waals surface area contributed by atoms with E-state index >= 15 is 0 Å². The van der Waals surface area contributed by atoms with Crippen LogP contribution in [0.3, 0.4) is 0 Å². The number of anilines is 1. The van der Waals surface area contributed by atoms with Crippen LogP contribution in [0, 0.1) is 0 Å². The molecule has 0 aromatic carbocycles. The van der Waals surface area contributed by atoms with Crippen LogP contribution in [0.4, 0.5) is 19.0 Å². The van der Waals surface area contributed by atoms with E-state index in [2.05, 4.69) is 4.98 Å². The molecule has 96 valence electrons. The van der Waals surface area contributed by atoms with Gasteiger partial charge in [0.2, 0.25) is 0 Å². The van der Waals surface area contributed by atoms with Crippen molar-refractivity contribution in [2.75, 3.05) is 18.5 Å². The van der Waals surface area contributed by atoms with Gasteiger partial charge in [-0.15, -0.1) is 0 Å². The van der Waals surface area contributed by atoms with E-state index in [9.17, 15) is 13.2 Å². The average molecular weight is 247 g/mol. The highest BCUT2D eigenvalue weighted by Gasteiger charge is 2.35. The summed E-state index contributed by atoms with van der Waals surface area (Å²) in [6, 6.07) is 2.23. The highest BCUT2D eigenvalue weighted by molar-refractivity contribution is 5.48. The van der Waals surface area contributed by atoms with Crippen molar-refractivity contribution in [2.45, 2.75) is 25.6 Å². The first-order valence-electron chi connectivity index (χ1n) is 5.33. The lowest BCUT2D eigenvalue weighted by Crippen LogP contribution is -2.33. The second-order valence-corrected chi connectivity index (χ2v) is 3.91. The fourth-order valence-corrected chi connectivity index (χ4v) is 1.54. The van der Waals surface area contributed by atoms with E-state index in [0.717, 1.165) is 6.07 Å². The standard InChI is InChI=1S/C11H16F3N3/c1-8(5-6-15)17(2)10-9(11(12,13)14)4-3-7-16-10/h3-4,7-8H,5-6,15H2,1-2H3. The Morgan fingerprint density at radius 2 is 2.12 bits per heavy atom. The van der Waals surface area contributed by atoms with Gasteiger partial charge < -0.3 is 10.6 Å². The van der Waals surface area contributed by atoms with Crippen LogP contribution in [0.2, 0.25) is 0 Å². The lowest BCUT2D eigenvalue weighted by atomic mass is 10.1. The first-order valence-corrected chi connectivity index (χ1v) is 5.33. The highest BCUT2D eigenvalue weighted by atomic mass is 19.4. The van der Waals surface area contributed by atoms with Crippen molar-refractivity contribution in [1.29, 1.82) is 0 Å². The molecule has 0 amide bonds. The molecule has 0 saturated heterocycles. The number of nitrogens with zero attached hydrogens (tertiary/aromatic N) is 2. The van der Waals surface area contributed by atoms with Crippen molar-refractivity contribution in [1.82, 2.24) is 4.98 Å². The van der Waals surface area contributed by atoms with Gasteiger partial charge in [-0.1, -0.05) is 0 Å². The van der Waals surface area contributed by atoms with Crippen LogP contribution in [-0.4, -0.2) is 24.6 Å². The number of alkyl halides is 3. The molecule has 3 nitrogen and oxygen atoms in total. The van der Waals surface area contributed by atoms with E-state index in [1.54, 1.807) is 7.05 Å². The summed E-state index contributed by atoms with van der Waals surface area (Å²) in [5, 5.41) is 0. The predicted molar refractivity (Wildman–Crippen MR) is 60.8 cm³/mol. The smallest absolute Gasteiger partial charge is 0.356 e. The average Bonchev–Trinajstić information content (AvgIpc) is 2.27. The van der Waals surface area contributed by atoms with E-state index < -0.39 is 11.7 Å². The van der Waals surface area contributed by atoms with Crippen molar-refractivity contribution in [3.05, 3.63) is 23.9 Å². The monoisotopic (exact) mass is 247 g/mol. The van der Waals surface area contributed by atoms with Crippen LogP contribution in [0.5, 0.6) is 0 Å². The second kappa shape index (κ2) is 5.35. The Balaban J connectivity index is 3.05. The van der Waals surface area contributed by atoms with E-state index in [-0.39, 0.29) is 11.9 Å². The number of hydrogen-bond donors (Lipinski definition) is 1. The quantitative estimate of drug-likeness (QED) is 0.887. The molecule has 2 N–H and O–H groups in total. The van der Waals surface area contributed by atoms with Crippen LogP contribution in [0.1, 0.15) is 18.9 Å². The molecule has 0 fully saturated rings. The maximum Gasteiger partial charge on any atom is 0.419 e. The summed E-state index contributed by atoms with van der Waals surface area (Å²) in [4.78, 5) is 5.32. The summed E-state index contributed by atoms with van der Waals surface area (Å²) in [7, 11) is 1.60. The molecule has 6 heteroatoms. The molecule has 1 aromatic rings. The maximum atomic E-state index is 12.8. The predicted octanol–water partition coefficient (Wildman–Crippen LogP) is 2.27. The largest absolute Gasteiger partial charge is 0.419 e. The van der Waals surface area contributed by atoms with Crippen molar-refractivity contribution in [3.8, 4) is 0 Å². The highest BCUT2D eigenvalue weighted by Crippen LogP contribution is 2.35. The minimum absolute atomic E-state index is 0.0547. The van der Waals surface area contributed by atoms with E-state index in [1.807, 2.05) is 6.92 Å². The maximum absolute atomic E-state index is 12.8. The Morgan fingerprint density at radius 3 is 2.65 bits per heavy atom. The third-order valence-electron chi connectivity index (χ3n) is 2.67. The molecule has 1 aromatic heterocycles. The summed E-state index contributed by atoms with van der Waals surface area (Å²) in [6.45, 7) is 2.25. The van der Waals surface area contributed by atoms with Crippen LogP contribution in [-0.2, 0) is 6.18 Å². The van der Waals surface area contributed by atoms with Gasteiger partial charge in [-0.3, -0.25) is 0 Å². The third kappa shape index (κ3) is 3.33. The molecular weight excluding hydrogens is 231 g/mol. The molecule has 1 heterocycles. The summed E-state index contributed by atoms with van der Waals surface area (Å²) in [6.07, 6.45) is -2.42. The molecule has 0 radical (unpaired) electrons. The van der Waals surface area contributed by atoms with Crippen LogP contribution in [0.25, 0.3) is 0 Å². The fraction of sp³-hybridized carbons (Fsp3) is 0.545. The third-order valence-corrected chi connectivity index (χ3v) is 2.67. The zero-order valence-corrected chi connectivity index (χ0v) is 9.83. The van der Waals surface area contributed by atoms with Crippen LogP contribution >= 0.6 is 0 Å². The topological polar surface area (TPSA) is 42.1 Å². The van der Waals surface area contributed by atoms with Crippen molar-refractivity contribution in [3.63, 3.8) is 0 Å². The molecule has 0 aliphatic rings. The fourth-order valence-electron chi connectivity index (χ4n) is 1.54. The summed E-state index contributed by atoms with van der Waals surface area (Å²) < 4.78 is 38.3. The van der Waals surface area contributed by atoms with E-state index in [1.165, 1.54) is 17.2 Å². The molecular formula is C11H16F3N3. The lowest BCUT2D eigenvalue weighted by Gasteiger charge is -2.27. The minimum atomic E-state index is -4.39. The van der Waals surface area contributed by atoms with Gasteiger partial charge in [0.05, 0.1) is 5.56 Å². The number of aromatic nitrogens is 1. The molecule has 0 aliphatic heterocycles. The molecule has 1 atom stereocenters. The zero-order valence-electron chi connectivity index (χ0n) is 9.83. The van der Waals surface area contributed by atoms with Gasteiger partial charge in [0.1, 0.15) is 5.82 Å². The Bertz CT molecular complexity index is 365. The van der Waals surface area contributed by atoms with Crippen molar-refractivity contribution >= 4 is 5.82 Å². The summed E-state index contributed by atoms with van der Waals surface area (Å²) >= 11 is 0. The lowest BCUT2D eigenvalue weighted by molar-refractivity contribution is -0.137. The summed E-state index contributed by atoms with van der Waals surface area (Å²) in [5.74, 6) is -0.0547. The van der Waals surface area contributed by atoms with E-state index in [4.69, 9.17) is 5.73 Å². The SMILES string of the molecule is CC(CCN)N(C)c1ncccc1C(F)(F)F. The molecule has 1 unspecified atom stereocenters. The number of pyridine rings is 1. The van der Waals surface area contributed by atoms with Gasteiger partial charge in [0.25, 0.3) is 0 Å². The zero-order chi connectivity index (χ0) is 13.1. The van der Waals surface area contributed by atoms with Gasteiger partial charge in [-0.25, -0.2) is 4.98 Å². The summed E-state index contributed by atoms with van der Waals surface area (Å²) in [5.41, 5.74) is 4.68. The second-order valence-electron chi connectivity index (χ2n) is 3.91. The normalized spacial score (nSPS) is 13.5. The number of rotatable bonds is 4. The van der Waals surface area contributed by atoms with Crippen molar-refractivity contribution in [2.24, 2.45) is 5.73 Å². The van der Waals surface area contributed by atoms with Crippen molar-refractivity contribution < 1.29 is 13.2 Å². The molecule has 1 rings (SSSR count). The van der Waals surface area contributed by atoms with Crippen LogP contribution in [0.15, 0.2) is 18.3 Å². The van der Waals surface area contributed by atoms with Gasteiger partial charge in [0.15, 0.2) is 0 Å².